The average Bonchev–Trinajstić information content (AvgIpc) is 3.10. The highest BCUT2D eigenvalue weighted by atomic mass is 19.4. The summed E-state index contributed by atoms with van der Waals surface area (Å²) in [5.41, 5.74) is 9.20. The molecule has 0 bridgehead atoms. The Morgan fingerprint density at radius 3 is 2.17 bits per heavy atom. The third-order valence-electron chi connectivity index (χ3n) is 3.95. The van der Waals surface area contributed by atoms with Crippen molar-refractivity contribution in [3.8, 4) is 0 Å². The number of hydrogen-bond donors (Lipinski definition) is 2. The van der Waals surface area contributed by atoms with Gasteiger partial charge in [0, 0.05) is 5.71 Å². The lowest BCUT2D eigenvalue weighted by Crippen LogP contribution is -2.59. The predicted octanol–water partition coefficient (Wildman–Crippen LogP) is 1.41. The van der Waals surface area contributed by atoms with Crippen LogP contribution in [0.3, 0.4) is 0 Å². The third-order valence-corrected chi connectivity index (χ3v) is 3.95. The maximum atomic E-state index is 13.6. The van der Waals surface area contributed by atoms with Crippen molar-refractivity contribution in [2.75, 3.05) is 0 Å². The number of nitrogens with two attached hydrogens (primary N) is 2. The number of halogens is 3. The largest absolute Gasteiger partial charge is 0.406 e. The first-order valence-corrected chi connectivity index (χ1v) is 6.11. The highest BCUT2D eigenvalue weighted by Gasteiger charge is 2.70. The predicted molar refractivity (Wildman–Crippen MR) is 61.0 cm³/mol. The standard InChI is InChI=1S/C11H15F3N4/c12-11(13,14)10(6-3-4-6)7(5-1-2-5)17-9(16)18-8(10)15/h5-6,9H,1-4,16H2,(H2,15,18). The first kappa shape index (κ1) is 12.0. The Balaban J connectivity index is 2.14. The van der Waals surface area contributed by atoms with Gasteiger partial charge in [-0.3, -0.25) is 10.7 Å². The molecule has 2 saturated carbocycles. The molecule has 0 radical (unpaired) electrons. The maximum Gasteiger partial charge on any atom is 0.406 e. The topological polar surface area (TPSA) is 76.8 Å². The Hall–Kier alpha value is -1.11. The van der Waals surface area contributed by atoms with Gasteiger partial charge in [-0.05, 0) is 37.5 Å². The van der Waals surface area contributed by atoms with E-state index in [0.29, 0.717) is 12.8 Å². The van der Waals surface area contributed by atoms with Crippen LogP contribution in [0.15, 0.2) is 9.98 Å². The van der Waals surface area contributed by atoms with Gasteiger partial charge < -0.3 is 5.73 Å². The summed E-state index contributed by atoms with van der Waals surface area (Å²) in [7, 11) is 0. The van der Waals surface area contributed by atoms with Gasteiger partial charge in [0.15, 0.2) is 11.7 Å². The lowest BCUT2D eigenvalue weighted by atomic mass is 9.73. The molecule has 2 fully saturated rings. The zero-order chi connectivity index (χ0) is 13.1. The van der Waals surface area contributed by atoms with Gasteiger partial charge in [-0.1, -0.05) is 0 Å². The second-order valence-corrected chi connectivity index (χ2v) is 5.30. The highest BCUT2D eigenvalue weighted by molar-refractivity contribution is 6.14. The molecule has 4 nitrogen and oxygen atoms in total. The van der Waals surface area contributed by atoms with Crippen LogP contribution in [0, 0.1) is 17.3 Å². The fourth-order valence-corrected chi connectivity index (χ4v) is 2.89. The summed E-state index contributed by atoms with van der Waals surface area (Å²) in [5, 5.41) is 0. The van der Waals surface area contributed by atoms with Crippen molar-refractivity contribution < 1.29 is 13.2 Å². The van der Waals surface area contributed by atoms with Crippen LogP contribution >= 0.6 is 0 Å². The van der Waals surface area contributed by atoms with Crippen LogP contribution in [0.5, 0.6) is 0 Å². The Labute approximate surface area is 102 Å². The van der Waals surface area contributed by atoms with E-state index in [9.17, 15) is 13.2 Å². The van der Waals surface area contributed by atoms with E-state index in [1.54, 1.807) is 0 Å². The van der Waals surface area contributed by atoms with Gasteiger partial charge in [0.25, 0.3) is 0 Å². The summed E-state index contributed by atoms with van der Waals surface area (Å²) in [5.74, 6) is -1.01. The Kier molecular flexibility index (Phi) is 2.30. The number of nitrogens with zero attached hydrogens (tertiary/aromatic N) is 2. The van der Waals surface area contributed by atoms with Gasteiger partial charge >= 0.3 is 6.18 Å². The van der Waals surface area contributed by atoms with Crippen molar-refractivity contribution in [1.82, 2.24) is 0 Å². The molecule has 18 heavy (non-hydrogen) atoms. The fraction of sp³-hybridized carbons (Fsp3) is 0.818. The SMILES string of the molecule is NC1=NC(N)N=C(C2CC2)C1(C1CC1)C(F)(F)F. The quantitative estimate of drug-likeness (QED) is 0.787. The van der Waals surface area contributed by atoms with Crippen LogP contribution in [-0.4, -0.2) is 24.0 Å². The molecule has 0 saturated heterocycles. The van der Waals surface area contributed by atoms with Crippen LogP contribution in [0.4, 0.5) is 13.2 Å². The van der Waals surface area contributed by atoms with Crippen molar-refractivity contribution in [3.05, 3.63) is 0 Å². The first-order valence-electron chi connectivity index (χ1n) is 6.11. The molecule has 7 heteroatoms. The molecular weight excluding hydrogens is 245 g/mol. The smallest absolute Gasteiger partial charge is 0.386 e. The molecule has 3 aliphatic rings. The zero-order valence-electron chi connectivity index (χ0n) is 9.74. The van der Waals surface area contributed by atoms with E-state index in [1.807, 2.05) is 0 Å². The molecule has 3 rings (SSSR count). The molecule has 4 N–H and O–H groups in total. The number of rotatable bonds is 2. The molecule has 1 aliphatic heterocycles. The second-order valence-electron chi connectivity index (χ2n) is 5.30. The van der Waals surface area contributed by atoms with Gasteiger partial charge in [-0.2, -0.15) is 13.2 Å². The van der Waals surface area contributed by atoms with E-state index in [4.69, 9.17) is 11.5 Å². The summed E-state index contributed by atoms with van der Waals surface area (Å²) in [6.45, 7) is 0. The zero-order valence-corrected chi connectivity index (χ0v) is 9.74. The molecule has 2 unspecified atom stereocenters. The minimum Gasteiger partial charge on any atom is -0.386 e. The molecule has 0 aromatic carbocycles. The first-order chi connectivity index (χ1) is 8.37. The van der Waals surface area contributed by atoms with E-state index < -0.39 is 23.8 Å². The molecular formula is C11H15F3N4. The normalized spacial score (nSPS) is 37.2. The number of aliphatic imine (C=N–C) groups is 2. The summed E-state index contributed by atoms with van der Waals surface area (Å²) >= 11 is 0. The maximum absolute atomic E-state index is 13.6. The van der Waals surface area contributed by atoms with Crippen LogP contribution in [-0.2, 0) is 0 Å². The Bertz CT molecular complexity index is 434. The second kappa shape index (κ2) is 3.46. The molecule has 0 amide bonds. The molecule has 0 aromatic rings. The summed E-state index contributed by atoms with van der Waals surface area (Å²) in [6.07, 6.45) is -2.89. The summed E-state index contributed by atoms with van der Waals surface area (Å²) < 4.78 is 40.9. The van der Waals surface area contributed by atoms with Crippen molar-refractivity contribution in [1.29, 1.82) is 0 Å². The third kappa shape index (κ3) is 1.49. The van der Waals surface area contributed by atoms with Crippen LogP contribution < -0.4 is 11.5 Å². The highest BCUT2D eigenvalue weighted by Crippen LogP contribution is 2.59. The van der Waals surface area contributed by atoms with Crippen molar-refractivity contribution >= 4 is 11.5 Å². The summed E-state index contributed by atoms with van der Waals surface area (Å²) in [6, 6.07) is 0. The van der Waals surface area contributed by atoms with Gasteiger partial charge in [-0.25, -0.2) is 4.99 Å². The Morgan fingerprint density at radius 1 is 1.11 bits per heavy atom. The van der Waals surface area contributed by atoms with E-state index >= 15 is 0 Å². The van der Waals surface area contributed by atoms with Gasteiger partial charge in [-0.15, -0.1) is 0 Å². The average molecular weight is 260 g/mol. The van der Waals surface area contributed by atoms with E-state index in [-0.39, 0.29) is 17.5 Å². The minimum atomic E-state index is -4.44. The molecule has 0 spiro atoms. The van der Waals surface area contributed by atoms with E-state index in [2.05, 4.69) is 9.98 Å². The van der Waals surface area contributed by atoms with Gasteiger partial charge in [0.2, 0.25) is 0 Å². The van der Waals surface area contributed by atoms with Gasteiger partial charge in [0.05, 0.1) is 0 Å². The van der Waals surface area contributed by atoms with Gasteiger partial charge in [0.1, 0.15) is 5.84 Å². The van der Waals surface area contributed by atoms with E-state index in [1.165, 1.54) is 0 Å². The van der Waals surface area contributed by atoms with Crippen molar-refractivity contribution in [2.45, 2.75) is 38.1 Å². The Morgan fingerprint density at radius 2 is 1.72 bits per heavy atom. The lowest BCUT2D eigenvalue weighted by Gasteiger charge is -2.39. The van der Waals surface area contributed by atoms with Crippen LogP contribution in [0.1, 0.15) is 25.7 Å². The van der Waals surface area contributed by atoms with E-state index in [0.717, 1.165) is 12.8 Å². The van der Waals surface area contributed by atoms with Crippen LogP contribution in [0.2, 0.25) is 0 Å². The fourth-order valence-electron chi connectivity index (χ4n) is 2.89. The van der Waals surface area contributed by atoms with Crippen LogP contribution in [0.25, 0.3) is 0 Å². The number of alkyl halides is 3. The molecule has 2 atom stereocenters. The molecule has 100 valence electrons. The molecule has 1 heterocycles. The molecule has 2 aliphatic carbocycles. The number of hydrogen-bond acceptors (Lipinski definition) is 4. The monoisotopic (exact) mass is 260 g/mol. The van der Waals surface area contributed by atoms with Crippen molar-refractivity contribution in [3.63, 3.8) is 0 Å². The lowest BCUT2D eigenvalue weighted by molar-refractivity contribution is -0.182. The minimum absolute atomic E-state index is 0.118. The number of amidine groups is 1. The van der Waals surface area contributed by atoms with Crippen molar-refractivity contribution in [2.24, 2.45) is 38.7 Å². The summed E-state index contributed by atoms with van der Waals surface area (Å²) in [4.78, 5) is 7.67. The molecule has 0 aromatic heterocycles.